The highest BCUT2D eigenvalue weighted by molar-refractivity contribution is 5.95. The molecule has 1 aliphatic rings. The molecule has 0 aromatic heterocycles. The highest BCUT2D eigenvalue weighted by atomic mass is 35.5. The zero-order chi connectivity index (χ0) is 14.4. The molecule has 0 bridgehead atoms. The van der Waals surface area contributed by atoms with Crippen molar-refractivity contribution >= 4 is 36.4 Å². The minimum atomic E-state index is -0.0346. The number of nitrogens with zero attached hydrogens (tertiary/aromatic N) is 1. The second kappa shape index (κ2) is 10.7. The number of piperidine rings is 1. The van der Waals surface area contributed by atoms with Gasteiger partial charge in [-0.15, -0.1) is 24.8 Å². The average molecular weight is 350 g/mol. The smallest absolute Gasteiger partial charge is 0.251 e. The topological polar surface area (TPSA) is 67.6 Å². The van der Waals surface area contributed by atoms with Crippen LogP contribution in [-0.4, -0.2) is 50.2 Å². The fourth-order valence-corrected chi connectivity index (χ4v) is 2.47. The summed E-state index contributed by atoms with van der Waals surface area (Å²) in [5.41, 5.74) is 6.94. The third kappa shape index (κ3) is 6.40. The van der Waals surface area contributed by atoms with E-state index in [4.69, 9.17) is 10.5 Å². The lowest BCUT2D eigenvalue weighted by atomic mass is 10.0. The Labute approximate surface area is 144 Å². The van der Waals surface area contributed by atoms with Gasteiger partial charge in [-0.1, -0.05) is 6.07 Å². The molecule has 1 amide bonds. The molecule has 1 fully saturated rings. The summed E-state index contributed by atoms with van der Waals surface area (Å²) in [5.74, 6) is -0.0346. The van der Waals surface area contributed by atoms with Gasteiger partial charge in [0.2, 0.25) is 0 Å². The maximum Gasteiger partial charge on any atom is 0.251 e. The number of anilines is 1. The van der Waals surface area contributed by atoms with Crippen molar-refractivity contribution in [3.05, 3.63) is 29.8 Å². The Hall–Kier alpha value is -1.01. The first-order valence-corrected chi connectivity index (χ1v) is 7.06. The molecule has 22 heavy (non-hydrogen) atoms. The van der Waals surface area contributed by atoms with Crippen LogP contribution in [-0.2, 0) is 4.74 Å². The van der Waals surface area contributed by atoms with Gasteiger partial charge in [0.25, 0.3) is 5.91 Å². The average Bonchev–Trinajstić information content (AvgIpc) is 2.46. The van der Waals surface area contributed by atoms with Crippen molar-refractivity contribution in [3.8, 4) is 0 Å². The van der Waals surface area contributed by atoms with Crippen molar-refractivity contribution in [2.75, 3.05) is 39.1 Å². The van der Waals surface area contributed by atoms with E-state index in [9.17, 15) is 4.79 Å². The van der Waals surface area contributed by atoms with Gasteiger partial charge in [0.1, 0.15) is 0 Å². The van der Waals surface area contributed by atoms with E-state index in [0.29, 0.717) is 11.3 Å². The maximum atomic E-state index is 12.1. The molecule has 0 atom stereocenters. The van der Waals surface area contributed by atoms with Gasteiger partial charge in [-0.05, 0) is 31.0 Å². The summed E-state index contributed by atoms with van der Waals surface area (Å²) >= 11 is 0. The molecular weight excluding hydrogens is 325 g/mol. The second-order valence-corrected chi connectivity index (χ2v) is 5.21. The minimum Gasteiger partial charge on any atom is -0.399 e. The summed E-state index contributed by atoms with van der Waals surface area (Å²) in [5, 5.41) is 3.09. The van der Waals surface area contributed by atoms with Gasteiger partial charge >= 0.3 is 0 Å². The number of nitrogen functional groups attached to an aromatic ring is 1. The van der Waals surface area contributed by atoms with Crippen LogP contribution >= 0.6 is 24.8 Å². The molecule has 7 heteroatoms. The van der Waals surface area contributed by atoms with Crippen LogP contribution in [0.2, 0.25) is 0 Å². The first kappa shape index (κ1) is 21.0. The van der Waals surface area contributed by atoms with Crippen LogP contribution in [0.15, 0.2) is 24.3 Å². The number of likely N-dealkylation sites (tertiary alicyclic amines) is 1. The number of nitrogens with one attached hydrogen (secondary N) is 1. The molecule has 2 rings (SSSR count). The number of halogens is 2. The third-order valence-corrected chi connectivity index (χ3v) is 3.68. The van der Waals surface area contributed by atoms with E-state index in [-0.39, 0.29) is 36.8 Å². The van der Waals surface area contributed by atoms with Crippen molar-refractivity contribution in [3.63, 3.8) is 0 Å². The monoisotopic (exact) mass is 349 g/mol. The summed E-state index contributed by atoms with van der Waals surface area (Å²) in [4.78, 5) is 14.5. The number of amides is 1. The summed E-state index contributed by atoms with van der Waals surface area (Å²) in [7, 11) is 1.72. The number of carbonyl (C=O) groups is 1. The molecule has 1 aromatic rings. The van der Waals surface area contributed by atoms with Crippen LogP contribution < -0.4 is 11.1 Å². The largest absolute Gasteiger partial charge is 0.399 e. The fourth-order valence-electron chi connectivity index (χ4n) is 2.47. The third-order valence-electron chi connectivity index (χ3n) is 3.68. The van der Waals surface area contributed by atoms with Gasteiger partial charge in [-0.25, -0.2) is 0 Å². The Balaban J connectivity index is 0.00000220. The maximum absolute atomic E-state index is 12.1. The van der Waals surface area contributed by atoms with Gasteiger partial charge in [-0.2, -0.15) is 0 Å². The van der Waals surface area contributed by atoms with Crippen molar-refractivity contribution in [2.24, 2.45) is 0 Å². The van der Waals surface area contributed by atoms with Crippen LogP contribution in [0.1, 0.15) is 23.2 Å². The molecule has 3 N–H and O–H groups in total. The molecule has 1 aliphatic heterocycles. The van der Waals surface area contributed by atoms with E-state index in [1.807, 2.05) is 0 Å². The summed E-state index contributed by atoms with van der Waals surface area (Å²) < 4.78 is 5.08. The first-order valence-electron chi connectivity index (χ1n) is 7.06. The van der Waals surface area contributed by atoms with Crippen molar-refractivity contribution in [2.45, 2.75) is 18.9 Å². The van der Waals surface area contributed by atoms with Gasteiger partial charge < -0.3 is 20.7 Å². The number of benzene rings is 1. The Morgan fingerprint density at radius 3 is 2.64 bits per heavy atom. The molecule has 0 aliphatic carbocycles. The number of hydrogen-bond donors (Lipinski definition) is 2. The summed E-state index contributed by atoms with van der Waals surface area (Å²) in [6.45, 7) is 3.74. The molecule has 5 nitrogen and oxygen atoms in total. The fraction of sp³-hybridized carbons (Fsp3) is 0.533. The molecule has 126 valence electrons. The molecular formula is C15H25Cl2N3O2. The second-order valence-electron chi connectivity index (χ2n) is 5.21. The Morgan fingerprint density at radius 2 is 2.05 bits per heavy atom. The Kier molecular flexibility index (Phi) is 10.2. The molecule has 0 spiro atoms. The van der Waals surface area contributed by atoms with Crippen LogP contribution in [0.3, 0.4) is 0 Å². The van der Waals surface area contributed by atoms with Crippen LogP contribution in [0.5, 0.6) is 0 Å². The zero-order valence-electron chi connectivity index (χ0n) is 12.8. The molecule has 1 aromatic carbocycles. The van der Waals surface area contributed by atoms with E-state index in [2.05, 4.69) is 10.2 Å². The van der Waals surface area contributed by atoms with E-state index in [1.54, 1.807) is 31.4 Å². The van der Waals surface area contributed by atoms with E-state index in [0.717, 1.165) is 39.1 Å². The SMILES string of the molecule is COCCN1CCC(NC(=O)c2cccc(N)c2)CC1.Cl.Cl. The molecule has 1 heterocycles. The van der Waals surface area contributed by atoms with Crippen LogP contribution in [0, 0.1) is 0 Å². The van der Waals surface area contributed by atoms with E-state index in [1.165, 1.54) is 0 Å². The minimum absolute atomic E-state index is 0. The van der Waals surface area contributed by atoms with Gasteiger partial charge in [0.15, 0.2) is 0 Å². The molecule has 1 saturated heterocycles. The van der Waals surface area contributed by atoms with E-state index >= 15 is 0 Å². The van der Waals surface area contributed by atoms with Gasteiger partial charge in [0.05, 0.1) is 6.61 Å². The van der Waals surface area contributed by atoms with Gasteiger partial charge in [0, 0.05) is 44.0 Å². The number of hydrogen-bond acceptors (Lipinski definition) is 4. The lowest BCUT2D eigenvalue weighted by Gasteiger charge is -2.32. The first-order chi connectivity index (χ1) is 9.69. The number of rotatable bonds is 5. The number of carbonyl (C=O) groups excluding carboxylic acids is 1. The predicted octanol–water partition coefficient (Wildman–Crippen LogP) is 1.95. The highest BCUT2D eigenvalue weighted by Gasteiger charge is 2.20. The van der Waals surface area contributed by atoms with Crippen molar-refractivity contribution in [1.29, 1.82) is 0 Å². The van der Waals surface area contributed by atoms with Crippen molar-refractivity contribution in [1.82, 2.24) is 10.2 Å². The van der Waals surface area contributed by atoms with Crippen LogP contribution in [0.4, 0.5) is 5.69 Å². The Bertz CT molecular complexity index is 452. The quantitative estimate of drug-likeness (QED) is 0.797. The molecule has 0 saturated carbocycles. The standard InChI is InChI=1S/C15H23N3O2.2ClH/c1-20-10-9-18-7-5-14(6-8-18)17-15(19)12-3-2-4-13(16)11-12;;/h2-4,11,14H,5-10,16H2,1H3,(H,17,19);2*1H. The normalized spacial score (nSPS) is 15.5. The lowest BCUT2D eigenvalue weighted by molar-refractivity contribution is 0.0893. The van der Waals surface area contributed by atoms with E-state index < -0.39 is 0 Å². The summed E-state index contributed by atoms with van der Waals surface area (Å²) in [6, 6.07) is 7.34. The van der Waals surface area contributed by atoms with Crippen molar-refractivity contribution < 1.29 is 9.53 Å². The summed E-state index contributed by atoms with van der Waals surface area (Å²) in [6.07, 6.45) is 1.97. The van der Waals surface area contributed by atoms with Gasteiger partial charge in [-0.3, -0.25) is 4.79 Å². The molecule has 0 radical (unpaired) electrons. The highest BCUT2D eigenvalue weighted by Crippen LogP contribution is 2.12. The number of methoxy groups -OCH3 is 1. The lowest BCUT2D eigenvalue weighted by Crippen LogP contribution is -2.45. The predicted molar refractivity (Wildman–Crippen MR) is 94.2 cm³/mol. The number of nitrogens with two attached hydrogens (primary N) is 1. The molecule has 0 unspecified atom stereocenters. The number of ether oxygens (including phenoxy) is 1. The van der Waals surface area contributed by atoms with Crippen LogP contribution in [0.25, 0.3) is 0 Å². The zero-order valence-corrected chi connectivity index (χ0v) is 14.4. The Morgan fingerprint density at radius 1 is 1.36 bits per heavy atom.